The highest BCUT2D eigenvalue weighted by Gasteiger charge is 2.16. The van der Waals surface area contributed by atoms with E-state index in [0.717, 1.165) is 5.76 Å². The van der Waals surface area contributed by atoms with Crippen LogP contribution in [-0.4, -0.2) is 0 Å². The van der Waals surface area contributed by atoms with Gasteiger partial charge in [0.15, 0.2) is 5.76 Å². The van der Waals surface area contributed by atoms with Crippen LogP contribution < -0.4 is 0 Å². The lowest BCUT2D eigenvalue weighted by atomic mass is 9.99. The first-order valence-corrected chi connectivity index (χ1v) is 3.53. The summed E-state index contributed by atoms with van der Waals surface area (Å²) in [5.74, 6) is 1.13. The molecule has 0 spiro atoms. The topological polar surface area (TPSA) is 12.5 Å². The van der Waals surface area contributed by atoms with Crippen LogP contribution in [0.1, 0.15) is 25.7 Å². The Bertz CT molecular complexity index is 177. The maximum absolute atomic E-state index is 4.97. The molecule has 0 unspecified atom stereocenters. The number of ether oxygens (including phenoxy) is 1. The molecule has 2 aliphatic rings. The molecule has 1 heteroatoms. The van der Waals surface area contributed by atoms with Crippen molar-refractivity contribution in [3.8, 4) is 0 Å². The molecule has 0 N–H and O–H groups in total. The van der Waals surface area contributed by atoms with E-state index >= 15 is 0 Å². The summed E-state index contributed by atoms with van der Waals surface area (Å²) >= 11 is 0. The molecule has 0 fully saturated rings. The van der Waals surface area contributed by atoms with Crippen LogP contribution in [-0.2, 0) is 4.74 Å². The largest absolute Gasteiger partial charge is 0.458 e. The van der Waals surface area contributed by atoms with Gasteiger partial charge in [-0.3, -0.25) is 0 Å². The van der Waals surface area contributed by atoms with Gasteiger partial charge in [-0.2, -0.15) is 0 Å². The van der Waals surface area contributed by atoms with Gasteiger partial charge in [-0.05, 0) is 31.3 Å². The van der Waals surface area contributed by atoms with E-state index in [-0.39, 0.29) is 0 Å². The van der Waals surface area contributed by atoms with Crippen molar-refractivity contribution in [2.75, 3.05) is 0 Å². The molecule has 1 aliphatic carbocycles. The molecule has 0 saturated carbocycles. The monoisotopic (exact) mass is 122 g/mol. The Kier molecular flexibility index (Phi) is 1.08. The Morgan fingerprint density at radius 2 is 2.22 bits per heavy atom. The maximum Gasteiger partial charge on any atom is 0.164 e. The third-order valence-electron chi connectivity index (χ3n) is 1.84. The summed E-state index contributed by atoms with van der Waals surface area (Å²) in [6.45, 7) is 0. The normalized spacial score (nSPS) is 24.0. The number of hydrogen-bond acceptors (Lipinski definition) is 1. The van der Waals surface area contributed by atoms with E-state index in [2.05, 4.69) is 6.08 Å². The summed E-state index contributed by atoms with van der Waals surface area (Å²) in [6, 6.07) is 0. The second kappa shape index (κ2) is 1.90. The Morgan fingerprint density at radius 3 is 2.78 bits per heavy atom. The molecule has 9 heavy (non-hydrogen) atoms. The van der Waals surface area contributed by atoms with Crippen molar-refractivity contribution in [1.29, 1.82) is 0 Å². The van der Waals surface area contributed by atoms with E-state index in [9.17, 15) is 0 Å². The van der Waals surface area contributed by atoms with Gasteiger partial charge in [-0.25, -0.2) is 0 Å². The van der Waals surface area contributed by atoms with Crippen LogP contribution in [0.25, 0.3) is 0 Å². The van der Waals surface area contributed by atoms with Gasteiger partial charge in [0.05, 0.1) is 0 Å². The van der Waals surface area contributed by atoms with E-state index in [1.54, 1.807) is 0 Å². The molecule has 1 heterocycles. The van der Waals surface area contributed by atoms with Crippen LogP contribution >= 0.6 is 0 Å². The van der Waals surface area contributed by atoms with Gasteiger partial charge in [0, 0.05) is 0 Å². The minimum absolute atomic E-state index is 1.13. The molecular weight excluding hydrogens is 112 g/mol. The second-order valence-corrected chi connectivity index (χ2v) is 2.58. The van der Waals surface area contributed by atoms with Gasteiger partial charge in [0.2, 0.25) is 0 Å². The molecule has 1 nitrogen and oxygen atoms in total. The molecule has 0 aromatic carbocycles. The summed E-state index contributed by atoms with van der Waals surface area (Å²) in [5.41, 5.74) is 1.43. The van der Waals surface area contributed by atoms with Crippen LogP contribution in [0.15, 0.2) is 23.7 Å². The average molecular weight is 122 g/mol. The highest BCUT2D eigenvalue weighted by Crippen LogP contribution is 2.30. The molecule has 0 saturated heterocycles. The Balaban J connectivity index is 2.07. The zero-order valence-corrected chi connectivity index (χ0v) is 5.39. The van der Waals surface area contributed by atoms with Crippen molar-refractivity contribution in [2.45, 2.75) is 25.7 Å². The molecule has 0 radical (unpaired) electrons. The maximum atomic E-state index is 4.97. The van der Waals surface area contributed by atoms with Gasteiger partial charge >= 0.3 is 0 Å². The van der Waals surface area contributed by atoms with Crippen LogP contribution in [0, 0.1) is 0 Å². The van der Waals surface area contributed by atoms with Gasteiger partial charge in [0.1, 0.15) is 6.26 Å². The Hall–Kier alpha value is -0.720. The molecule has 0 atom stereocenters. The highest BCUT2D eigenvalue weighted by atomic mass is 16.5. The first-order valence-electron chi connectivity index (χ1n) is 3.53. The highest BCUT2D eigenvalue weighted by molar-refractivity contribution is 5.32. The Labute approximate surface area is 55.0 Å². The van der Waals surface area contributed by atoms with Crippen molar-refractivity contribution in [2.24, 2.45) is 0 Å². The van der Waals surface area contributed by atoms with Gasteiger partial charge in [-0.1, -0.05) is 6.08 Å². The predicted octanol–water partition coefficient (Wildman–Crippen LogP) is 2.36. The fraction of sp³-hybridized carbons (Fsp3) is 0.500. The summed E-state index contributed by atoms with van der Waals surface area (Å²) in [7, 11) is 0. The zero-order chi connectivity index (χ0) is 6.10. The predicted molar refractivity (Wildman–Crippen MR) is 35.7 cm³/mol. The molecule has 0 aromatic rings. The molecule has 0 bridgehead atoms. The SMILES string of the molecule is C1=C(C2=CO2)CCCC1. The molecule has 0 aromatic heterocycles. The summed E-state index contributed by atoms with van der Waals surface area (Å²) in [5, 5.41) is 0. The lowest BCUT2D eigenvalue weighted by Crippen LogP contribution is -1.89. The number of hydrogen-bond donors (Lipinski definition) is 0. The van der Waals surface area contributed by atoms with Crippen molar-refractivity contribution in [3.05, 3.63) is 23.7 Å². The van der Waals surface area contributed by atoms with Crippen molar-refractivity contribution < 1.29 is 4.74 Å². The van der Waals surface area contributed by atoms with Crippen LogP contribution in [0.3, 0.4) is 0 Å². The number of allylic oxidation sites excluding steroid dienone is 2. The van der Waals surface area contributed by atoms with E-state index < -0.39 is 0 Å². The fourth-order valence-corrected chi connectivity index (χ4v) is 1.24. The van der Waals surface area contributed by atoms with Crippen LogP contribution in [0.2, 0.25) is 0 Å². The van der Waals surface area contributed by atoms with E-state index in [4.69, 9.17) is 4.74 Å². The minimum atomic E-state index is 1.13. The zero-order valence-electron chi connectivity index (χ0n) is 5.39. The summed E-state index contributed by atoms with van der Waals surface area (Å²) in [4.78, 5) is 0. The van der Waals surface area contributed by atoms with Crippen molar-refractivity contribution >= 4 is 0 Å². The molecule has 0 amide bonds. The van der Waals surface area contributed by atoms with E-state index in [0.29, 0.717) is 0 Å². The third-order valence-corrected chi connectivity index (χ3v) is 1.84. The standard InChI is InChI=1S/C8H10O/c1-2-4-7(5-3-1)8-6-9-8/h4,6H,1-3,5H2. The van der Waals surface area contributed by atoms with Crippen molar-refractivity contribution in [3.63, 3.8) is 0 Å². The van der Waals surface area contributed by atoms with E-state index in [1.165, 1.54) is 31.3 Å². The smallest absolute Gasteiger partial charge is 0.164 e. The van der Waals surface area contributed by atoms with Crippen LogP contribution in [0.4, 0.5) is 0 Å². The van der Waals surface area contributed by atoms with Crippen LogP contribution in [0.5, 0.6) is 0 Å². The number of rotatable bonds is 1. The molecular formula is C8H10O. The van der Waals surface area contributed by atoms with E-state index in [1.807, 2.05) is 6.26 Å². The average Bonchev–Trinajstić information content (AvgIpc) is 2.71. The van der Waals surface area contributed by atoms with Gasteiger partial charge in [0.25, 0.3) is 0 Å². The lowest BCUT2D eigenvalue weighted by Gasteiger charge is -2.06. The first-order chi connectivity index (χ1) is 4.47. The lowest BCUT2D eigenvalue weighted by molar-refractivity contribution is 0.499. The third kappa shape index (κ3) is 0.995. The summed E-state index contributed by atoms with van der Waals surface area (Å²) < 4.78 is 4.97. The fourth-order valence-electron chi connectivity index (χ4n) is 1.24. The van der Waals surface area contributed by atoms with Gasteiger partial charge < -0.3 is 4.74 Å². The van der Waals surface area contributed by atoms with Crippen molar-refractivity contribution in [1.82, 2.24) is 0 Å². The molecule has 48 valence electrons. The first kappa shape index (κ1) is 5.10. The molecule has 1 aliphatic heterocycles. The molecule has 2 rings (SSSR count). The minimum Gasteiger partial charge on any atom is -0.458 e. The summed E-state index contributed by atoms with van der Waals surface area (Å²) in [6.07, 6.45) is 9.30. The van der Waals surface area contributed by atoms with Gasteiger partial charge in [-0.15, -0.1) is 0 Å². The Morgan fingerprint density at radius 1 is 1.33 bits per heavy atom. The quantitative estimate of drug-likeness (QED) is 0.520. The second-order valence-electron chi connectivity index (χ2n) is 2.58.